The fourth-order valence-corrected chi connectivity index (χ4v) is 3.87. The zero-order chi connectivity index (χ0) is 20.1. The Morgan fingerprint density at radius 1 is 0.966 bits per heavy atom. The van der Waals surface area contributed by atoms with Gasteiger partial charge in [-0.05, 0) is 0 Å². The second-order valence-electron chi connectivity index (χ2n) is 7.33. The quantitative estimate of drug-likeness (QED) is 0.0782. The van der Waals surface area contributed by atoms with Crippen LogP contribution in [0, 0.1) is 13.1 Å². The molecule has 0 aromatic heterocycles. The molecule has 3 N–H and O–H groups in total. The molecule has 0 spiro atoms. The number of amidine groups is 1. The van der Waals surface area contributed by atoms with Crippen molar-refractivity contribution < 1.29 is 93.1 Å². The molecule has 1 rings (SSSR count). The van der Waals surface area contributed by atoms with Gasteiger partial charge in [-0.15, -0.1) is 6.54 Å². The molecule has 1 aliphatic rings. The molecule has 1 heterocycles. The van der Waals surface area contributed by atoms with Crippen molar-refractivity contribution in [3.8, 4) is 0 Å². The van der Waals surface area contributed by atoms with E-state index in [1.54, 1.807) is 4.58 Å². The number of nitrogens with zero attached hydrogens (tertiary/aromatic N) is 2. The molecule has 7 nitrogen and oxygen atoms in total. The summed E-state index contributed by atoms with van der Waals surface area (Å²) in [5.41, 5.74) is 0. The van der Waals surface area contributed by atoms with Crippen molar-refractivity contribution in [2.24, 2.45) is 0 Å². The molecule has 0 bridgehead atoms. The maximum absolute atomic E-state index is 11.3. The van der Waals surface area contributed by atoms with E-state index in [2.05, 4.69) is 6.92 Å². The molecule has 29 heavy (non-hydrogen) atoms. The summed E-state index contributed by atoms with van der Waals surface area (Å²) in [5, 5.41) is 27.8. The number of carboxylic acids is 2. The Morgan fingerprint density at radius 2 is 1.52 bits per heavy atom. The monoisotopic (exact) mass is 430 g/mol. The van der Waals surface area contributed by atoms with Crippen LogP contribution in [-0.4, -0.2) is 68.4 Å². The van der Waals surface area contributed by atoms with Crippen LogP contribution in [0.4, 0.5) is 0 Å². The zero-order valence-electron chi connectivity index (χ0n) is 18.6. The van der Waals surface area contributed by atoms with Gasteiger partial charge in [-0.3, -0.25) is 9.59 Å². The molecule has 1 aliphatic heterocycles. The summed E-state index contributed by atoms with van der Waals surface area (Å²) in [6, 6.07) is 0. The van der Waals surface area contributed by atoms with E-state index in [1.165, 1.54) is 45.1 Å². The van der Waals surface area contributed by atoms with Gasteiger partial charge >= 0.3 is 65.1 Å². The van der Waals surface area contributed by atoms with Crippen LogP contribution in [-0.2, 0) is 9.59 Å². The van der Waals surface area contributed by atoms with E-state index in [4.69, 9.17) is 5.11 Å². The molecule has 0 saturated heterocycles. The topological polar surface area (TPSA) is 97.8 Å². The fourth-order valence-electron chi connectivity index (χ4n) is 3.87. The van der Waals surface area contributed by atoms with Crippen LogP contribution in [0.3, 0.4) is 0 Å². The second-order valence-corrected chi connectivity index (χ2v) is 7.33. The molecule has 1 unspecified atom stereocenters. The number of carbonyl (C=O) groups is 2. The molecular weight excluding hydrogens is 394 g/mol. The van der Waals surface area contributed by atoms with Gasteiger partial charge in [0.2, 0.25) is 5.97 Å². The third kappa shape index (κ3) is 12.0. The Labute approximate surface area is 219 Å². The van der Waals surface area contributed by atoms with Gasteiger partial charge in [-0.2, -0.15) is 0 Å². The maximum Gasteiger partial charge on any atom is 1.00 e. The number of hydrogen-bond acceptors (Lipinski definition) is 3. The van der Waals surface area contributed by atoms with Crippen molar-refractivity contribution in [2.45, 2.75) is 71.1 Å². The predicted molar refractivity (Wildman–Crippen MR) is 103 cm³/mol. The van der Waals surface area contributed by atoms with Crippen LogP contribution in [0.5, 0.6) is 0 Å². The van der Waals surface area contributed by atoms with Crippen LogP contribution < -0.4 is 59.1 Å². The molecule has 156 valence electrons. The molecule has 0 aromatic carbocycles. The number of carboxylic acid groups (broad SMARTS) is 2. The third-order valence-corrected chi connectivity index (χ3v) is 5.21. The summed E-state index contributed by atoms with van der Waals surface area (Å²) < 4.78 is 1.69. The molecule has 1 atom stereocenters. The van der Waals surface area contributed by atoms with Gasteiger partial charge in [0.25, 0.3) is 0 Å². The van der Waals surface area contributed by atoms with Gasteiger partial charge in [0.05, 0.1) is 13.2 Å². The first kappa shape index (κ1) is 31.5. The first-order chi connectivity index (χ1) is 12.9. The summed E-state index contributed by atoms with van der Waals surface area (Å²) in [6.07, 6.45) is 11.3. The van der Waals surface area contributed by atoms with E-state index in [-0.39, 0.29) is 76.7 Å². The number of quaternary nitrogens is 1. The number of aliphatic hydroxyl groups is 1. The van der Waals surface area contributed by atoms with E-state index >= 15 is 0 Å². The van der Waals surface area contributed by atoms with Crippen LogP contribution in [0.1, 0.15) is 71.1 Å². The molecule has 0 saturated carbocycles. The van der Waals surface area contributed by atoms with Crippen LogP contribution in [0.25, 0.3) is 0 Å². The SMILES string of the molecule is CCCCCCCCCCCC1=[N+]([CH-]C(=O)O)CC[N+]1([CH-]C(=O)O)CCO.[Na+].[Na+]. The smallest absolute Gasteiger partial charge is 0.500 e. The van der Waals surface area contributed by atoms with Crippen molar-refractivity contribution in [3.05, 3.63) is 13.1 Å². The minimum Gasteiger partial charge on any atom is -0.500 e. The average molecular weight is 430 g/mol. The Kier molecular flexibility index (Phi) is 19.4. The molecule has 0 fully saturated rings. The van der Waals surface area contributed by atoms with Crippen molar-refractivity contribution in [1.29, 1.82) is 0 Å². The second kappa shape index (κ2) is 17.9. The van der Waals surface area contributed by atoms with Crippen molar-refractivity contribution in [1.82, 2.24) is 0 Å². The number of aliphatic carboxylic acids is 2. The summed E-state index contributed by atoms with van der Waals surface area (Å²) in [4.78, 5) is 22.4. The minimum atomic E-state index is -1.05. The number of unbranched alkanes of at least 4 members (excludes halogenated alkanes) is 8. The molecule has 0 amide bonds. The summed E-state index contributed by atoms with van der Waals surface area (Å²) >= 11 is 0. The van der Waals surface area contributed by atoms with Crippen LogP contribution in [0.2, 0.25) is 0 Å². The van der Waals surface area contributed by atoms with Crippen molar-refractivity contribution in [2.75, 3.05) is 26.2 Å². The van der Waals surface area contributed by atoms with E-state index in [0.717, 1.165) is 31.6 Å². The van der Waals surface area contributed by atoms with Gasteiger partial charge < -0.3 is 24.4 Å². The van der Waals surface area contributed by atoms with E-state index in [0.29, 0.717) is 19.5 Å². The van der Waals surface area contributed by atoms with Crippen LogP contribution >= 0.6 is 0 Å². The first-order valence-corrected chi connectivity index (χ1v) is 10.2. The van der Waals surface area contributed by atoms with Gasteiger partial charge in [-0.1, -0.05) is 64.7 Å². The van der Waals surface area contributed by atoms with E-state index in [1.807, 2.05) is 0 Å². The van der Waals surface area contributed by atoms with E-state index < -0.39 is 11.9 Å². The molecule has 0 radical (unpaired) electrons. The van der Waals surface area contributed by atoms with Gasteiger partial charge in [0.1, 0.15) is 13.1 Å². The number of hydrogen-bond donors (Lipinski definition) is 3. The Hall–Kier alpha value is 0.270. The van der Waals surface area contributed by atoms with Crippen molar-refractivity contribution in [3.63, 3.8) is 0 Å². The Morgan fingerprint density at radius 3 is 2.00 bits per heavy atom. The molecular formula is C20H36N2Na2O5+2. The Balaban J connectivity index is 0. The standard InChI is InChI=1S/C20H36N2O5.2Na/c1-2-3-4-5-6-7-8-9-10-11-18-21(16-19(24)25)12-13-22(18,14-15-23)17-20(26)27;;/h16-17,23H,2-15H2,1H3,(H,24,25)(H,26,27);;/q;2*+1. The van der Waals surface area contributed by atoms with Crippen LogP contribution in [0.15, 0.2) is 0 Å². The molecule has 0 aliphatic carbocycles. The van der Waals surface area contributed by atoms with Gasteiger partial charge in [0.15, 0.2) is 12.4 Å². The number of aliphatic hydroxyl groups excluding tert-OH is 1. The number of rotatable bonds is 16. The predicted octanol–water partition coefficient (Wildman–Crippen LogP) is -3.36. The zero-order valence-corrected chi connectivity index (χ0v) is 22.6. The minimum absolute atomic E-state index is 0. The Bertz CT molecular complexity index is 517. The maximum atomic E-state index is 11.3. The molecule has 0 aromatic rings. The van der Waals surface area contributed by atoms with E-state index in [9.17, 15) is 19.8 Å². The van der Waals surface area contributed by atoms with Gasteiger partial charge in [0, 0.05) is 6.42 Å². The summed E-state index contributed by atoms with van der Waals surface area (Å²) in [6.45, 7) is 5.54. The van der Waals surface area contributed by atoms with Crippen molar-refractivity contribution >= 4 is 17.8 Å². The largest absolute Gasteiger partial charge is 1.00 e. The van der Waals surface area contributed by atoms with Gasteiger partial charge in [-0.25, -0.2) is 0 Å². The average Bonchev–Trinajstić information content (AvgIpc) is 2.90. The normalized spacial score (nSPS) is 18.0. The summed E-state index contributed by atoms with van der Waals surface area (Å²) in [5.74, 6) is -1.33. The summed E-state index contributed by atoms with van der Waals surface area (Å²) in [7, 11) is 0. The third-order valence-electron chi connectivity index (χ3n) is 5.21. The molecule has 9 heteroatoms. The first-order valence-electron chi connectivity index (χ1n) is 10.2. The fraction of sp³-hybridized carbons (Fsp3) is 0.750.